The Hall–Kier alpha value is -1.54. The highest BCUT2D eigenvalue weighted by molar-refractivity contribution is 7.89. The van der Waals surface area contributed by atoms with E-state index in [1.807, 2.05) is 0 Å². The molecule has 0 saturated heterocycles. The maximum atomic E-state index is 13.4. The summed E-state index contributed by atoms with van der Waals surface area (Å²) < 4.78 is 39.4. The predicted molar refractivity (Wildman–Crippen MR) is 65.1 cm³/mol. The minimum Gasteiger partial charge on any atom is -0.386 e. The van der Waals surface area contributed by atoms with Crippen LogP contribution in [0.15, 0.2) is 23.4 Å². The summed E-state index contributed by atoms with van der Waals surface area (Å²) in [6, 6.07) is 1.40. The minimum atomic E-state index is -4.14. The maximum absolute atomic E-state index is 13.4. The van der Waals surface area contributed by atoms with E-state index in [0.29, 0.717) is 0 Å². The summed E-state index contributed by atoms with van der Waals surface area (Å²) in [5.74, 6) is -1.51. The molecule has 8 heteroatoms. The number of sulfonamides is 1. The topological polar surface area (TPSA) is 109 Å². The highest BCUT2D eigenvalue weighted by atomic mass is 32.2. The Labute approximate surface area is 105 Å². The second kappa shape index (κ2) is 5.40. The molecule has 100 valence electrons. The largest absolute Gasteiger partial charge is 0.386 e. The quantitative estimate of drug-likeness (QED) is 0.535. The second-order valence-corrected chi connectivity index (χ2v) is 5.72. The lowest BCUT2D eigenvalue weighted by atomic mass is 10.1. The van der Waals surface area contributed by atoms with Crippen LogP contribution in [-0.2, 0) is 10.0 Å². The zero-order valence-corrected chi connectivity index (χ0v) is 10.8. The molecule has 6 nitrogen and oxygen atoms in total. The second-order valence-electron chi connectivity index (χ2n) is 4.09. The van der Waals surface area contributed by atoms with Gasteiger partial charge in [0.05, 0.1) is 6.04 Å². The van der Waals surface area contributed by atoms with E-state index in [2.05, 4.69) is 9.71 Å². The van der Waals surface area contributed by atoms with Crippen LogP contribution in [0.4, 0.5) is 4.39 Å². The molecule has 0 aromatic carbocycles. The van der Waals surface area contributed by atoms with Crippen molar-refractivity contribution in [1.82, 2.24) is 9.71 Å². The fourth-order valence-electron chi connectivity index (χ4n) is 1.35. The number of pyridine rings is 1. The molecule has 18 heavy (non-hydrogen) atoms. The Kier molecular flexibility index (Phi) is 4.36. The Bertz CT molecular complexity index is 545. The van der Waals surface area contributed by atoms with Crippen LogP contribution in [0.3, 0.4) is 0 Å². The van der Waals surface area contributed by atoms with Crippen LogP contribution >= 0.6 is 0 Å². The van der Waals surface area contributed by atoms with Crippen LogP contribution < -0.4 is 10.5 Å². The average Bonchev–Trinajstić information content (AvgIpc) is 2.25. The van der Waals surface area contributed by atoms with Gasteiger partial charge in [-0.1, -0.05) is 13.8 Å². The van der Waals surface area contributed by atoms with Crippen LogP contribution in [0.1, 0.15) is 13.8 Å². The lowest BCUT2D eigenvalue weighted by Gasteiger charge is -2.20. The van der Waals surface area contributed by atoms with E-state index in [4.69, 9.17) is 11.1 Å². The van der Waals surface area contributed by atoms with E-state index in [0.717, 1.165) is 6.07 Å². The van der Waals surface area contributed by atoms with E-state index >= 15 is 0 Å². The molecule has 0 aliphatic heterocycles. The molecule has 1 heterocycles. The molecule has 0 amide bonds. The van der Waals surface area contributed by atoms with Crippen molar-refractivity contribution < 1.29 is 12.8 Å². The highest BCUT2D eigenvalue weighted by Crippen LogP contribution is 2.12. The Morgan fingerprint density at radius 2 is 2.17 bits per heavy atom. The van der Waals surface area contributed by atoms with E-state index < -0.39 is 26.9 Å². The first-order chi connectivity index (χ1) is 8.25. The van der Waals surface area contributed by atoms with Gasteiger partial charge in [-0.25, -0.2) is 17.8 Å². The van der Waals surface area contributed by atoms with Crippen molar-refractivity contribution in [2.45, 2.75) is 24.9 Å². The lowest BCUT2D eigenvalue weighted by molar-refractivity contribution is 0.509. The number of rotatable bonds is 5. The monoisotopic (exact) mass is 274 g/mol. The van der Waals surface area contributed by atoms with Crippen molar-refractivity contribution in [3.63, 3.8) is 0 Å². The third-order valence-electron chi connectivity index (χ3n) is 2.26. The summed E-state index contributed by atoms with van der Waals surface area (Å²) in [7, 11) is -4.14. The van der Waals surface area contributed by atoms with Gasteiger partial charge < -0.3 is 5.73 Å². The number of nitrogens with two attached hydrogens (primary N) is 1. The Morgan fingerprint density at radius 3 is 2.61 bits per heavy atom. The van der Waals surface area contributed by atoms with Gasteiger partial charge in [-0.15, -0.1) is 0 Å². The van der Waals surface area contributed by atoms with Crippen molar-refractivity contribution in [2.24, 2.45) is 11.7 Å². The van der Waals surface area contributed by atoms with Gasteiger partial charge in [0.1, 0.15) is 5.84 Å². The number of nitrogens with zero attached hydrogens (tertiary/aromatic N) is 1. The molecule has 1 aromatic rings. The molecule has 0 saturated carbocycles. The van der Waals surface area contributed by atoms with Crippen LogP contribution in [0.5, 0.6) is 0 Å². The molecule has 0 aliphatic rings. The van der Waals surface area contributed by atoms with Gasteiger partial charge in [-0.2, -0.15) is 4.72 Å². The number of amidine groups is 1. The van der Waals surface area contributed by atoms with Gasteiger partial charge in [-0.3, -0.25) is 5.41 Å². The lowest BCUT2D eigenvalue weighted by Crippen LogP contribution is -2.47. The fourth-order valence-corrected chi connectivity index (χ4v) is 2.72. The average molecular weight is 274 g/mol. The van der Waals surface area contributed by atoms with E-state index in [9.17, 15) is 12.8 Å². The molecular formula is C10H15FN4O2S. The van der Waals surface area contributed by atoms with Crippen LogP contribution in [0, 0.1) is 17.1 Å². The first-order valence-corrected chi connectivity index (χ1v) is 6.70. The molecule has 0 fully saturated rings. The summed E-state index contributed by atoms with van der Waals surface area (Å²) in [5.41, 5.74) is 5.30. The van der Waals surface area contributed by atoms with Gasteiger partial charge in [-0.05, 0) is 18.1 Å². The van der Waals surface area contributed by atoms with Crippen LogP contribution in [-0.4, -0.2) is 25.3 Å². The van der Waals surface area contributed by atoms with Gasteiger partial charge in [0.2, 0.25) is 5.03 Å². The van der Waals surface area contributed by atoms with E-state index in [1.165, 1.54) is 12.3 Å². The normalized spacial score (nSPS) is 13.6. The predicted octanol–water partition coefficient (Wildman–Crippen LogP) is 0.460. The summed E-state index contributed by atoms with van der Waals surface area (Å²) in [5, 5.41) is 6.62. The molecule has 0 radical (unpaired) electrons. The van der Waals surface area contributed by atoms with Crippen molar-refractivity contribution in [3.8, 4) is 0 Å². The zero-order valence-electron chi connectivity index (χ0n) is 10.0. The van der Waals surface area contributed by atoms with Crippen molar-refractivity contribution >= 4 is 15.9 Å². The number of aromatic nitrogens is 1. The first-order valence-electron chi connectivity index (χ1n) is 5.22. The summed E-state index contributed by atoms with van der Waals surface area (Å²) in [4.78, 5) is 3.48. The van der Waals surface area contributed by atoms with Crippen molar-refractivity contribution in [2.75, 3.05) is 0 Å². The maximum Gasteiger partial charge on any atom is 0.261 e. The number of halogens is 1. The molecule has 0 aliphatic carbocycles. The molecular weight excluding hydrogens is 259 g/mol. The first kappa shape index (κ1) is 14.5. The summed E-state index contributed by atoms with van der Waals surface area (Å²) in [6.45, 7) is 3.40. The van der Waals surface area contributed by atoms with E-state index in [1.54, 1.807) is 13.8 Å². The van der Waals surface area contributed by atoms with Gasteiger partial charge in [0.25, 0.3) is 10.0 Å². The molecule has 1 unspecified atom stereocenters. The summed E-state index contributed by atoms with van der Waals surface area (Å²) in [6.07, 6.45) is 1.18. The highest BCUT2D eigenvalue weighted by Gasteiger charge is 2.27. The summed E-state index contributed by atoms with van der Waals surface area (Å²) >= 11 is 0. The molecule has 0 spiro atoms. The van der Waals surface area contributed by atoms with Crippen molar-refractivity contribution in [1.29, 1.82) is 5.41 Å². The minimum absolute atomic E-state index is 0.232. The number of nitrogens with one attached hydrogen (secondary N) is 2. The van der Waals surface area contributed by atoms with Gasteiger partial charge in [0.15, 0.2) is 5.82 Å². The number of hydrogen-bond acceptors (Lipinski definition) is 4. The third kappa shape index (κ3) is 3.23. The van der Waals surface area contributed by atoms with E-state index in [-0.39, 0.29) is 11.8 Å². The number of hydrogen-bond donors (Lipinski definition) is 3. The molecule has 0 bridgehead atoms. The smallest absolute Gasteiger partial charge is 0.261 e. The van der Waals surface area contributed by atoms with Gasteiger partial charge >= 0.3 is 0 Å². The SMILES string of the molecule is CC(C)C(NS(=O)(=O)c1ncccc1F)C(=N)N. The zero-order chi connectivity index (χ0) is 13.9. The molecule has 4 N–H and O–H groups in total. The van der Waals surface area contributed by atoms with Gasteiger partial charge in [0, 0.05) is 6.20 Å². The van der Waals surface area contributed by atoms with Crippen LogP contribution in [0.2, 0.25) is 0 Å². The van der Waals surface area contributed by atoms with Crippen molar-refractivity contribution in [3.05, 3.63) is 24.1 Å². The Balaban J connectivity index is 3.09. The third-order valence-corrected chi connectivity index (χ3v) is 3.64. The molecule has 1 atom stereocenters. The molecule has 1 rings (SSSR count). The fraction of sp³-hybridized carbons (Fsp3) is 0.400. The molecule has 1 aromatic heterocycles. The standard InChI is InChI=1S/C10H15FN4O2S/c1-6(2)8(9(12)13)15-18(16,17)10-7(11)4-3-5-14-10/h3-6,8,15H,1-2H3,(H3,12,13). The van der Waals surface area contributed by atoms with Crippen LogP contribution in [0.25, 0.3) is 0 Å². The Morgan fingerprint density at radius 1 is 1.56 bits per heavy atom.